The van der Waals surface area contributed by atoms with Crippen molar-refractivity contribution in [1.82, 2.24) is 4.31 Å². The number of fused-ring (bicyclic) bond motifs is 1. The molecule has 3 rings (SSSR count). The van der Waals surface area contributed by atoms with Gasteiger partial charge in [-0.1, -0.05) is 6.42 Å². The highest BCUT2D eigenvalue weighted by Crippen LogP contribution is 2.40. The van der Waals surface area contributed by atoms with Gasteiger partial charge in [0.2, 0.25) is 10.0 Å². The summed E-state index contributed by atoms with van der Waals surface area (Å²) < 4.78 is 40.6. The van der Waals surface area contributed by atoms with Gasteiger partial charge in [0.1, 0.15) is 5.82 Å². The predicted molar refractivity (Wildman–Crippen MR) is 75.1 cm³/mol. The zero-order valence-corrected chi connectivity index (χ0v) is 12.3. The van der Waals surface area contributed by atoms with Crippen molar-refractivity contribution in [3.63, 3.8) is 0 Å². The summed E-state index contributed by atoms with van der Waals surface area (Å²) in [6.45, 7) is 2.60. The van der Waals surface area contributed by atoms with Gasteiger partial charge in [-0.15, -0.1) is 0 Å². The third kappa shape index (κ3) is 2.11. The van der Waals surface area contributed by atoms with Crippen LogP contribution in [0.2, 0.25) is 0 Å². The Kier molecular flexibility index (Phi) is 3.25. The van der Waals surface area contributed by atoms with E-state index < -0.39 is 15.8 Å². The average Bonchev–Trinajstić information content (AvgIpc) is 2.94. The van der Waals surface area contributed by atoms with Gasteiger partial charge in [0.15, 0.2) is 0 Å². The first-order chi connectivity index (χ1) is 9.39. The largest absolute Gasteiger partial charge is 0.399 e. The van der Waals surface area contributed by atoms with E-state index in [9.17, 15) is 12.8 Å². The summed E-state index contributed by atoms with van der Waals surface area (Å²) in [6.07, 6.45) is 3.39. The quantitative estimate of drug-likeness (QED) is 0.851. The zero-order valence-electron chi connectivity index (χ0n) is 11.5. The molecule has 2 fully saturated rings. The van der Waals surface area contributed by atoms with Crippen molar-refractivity contribution in [1.29, 1.82) is 0 Å². The molecule has 4 nitrogen and oxygen atoms in total. The number of halogens is 1. The zero-order chi connectivity index (χ0) is 14.5. The normalized spacial score (nSPS) is 26.9. The van der Waals surface area contributed by atoms with Gasteiger partial charge in [-0.25, -0.2) is 12.8 Å². The molecule has 1 aliphatic carbocycles. The minimum Gasteiger partial charge on any atom is -0.399 e. The lowest BCUT2D eigenvalue weighted by Gasteiger charge is -2.19. The van der Waals surface area contributed by atoms with Crippen LogP contribution in [0.5, 0.6) is 0 Å². The predicted octanol–water partition coefficient (Wildman–Crippen LogP) is 2.14. The van der Waals surface area contributed by atoms with Gasteiger partial charge >= 0.3 is 0 Å². The maximum absolute atomic E-state index is 13.7. The van der Waals surface area contributed by atoms with Crippen LogP contribution in [-0.4, -0.2) is 25.8 Å². The molecular weight excluding hydrogens is 279 g/mol. The van der Waals surface area contributed by atoms with Crippen molar-refractivity contribution in [3.05, 3.63) is 23.5 Å². The molecule has 0 aromatic heterocycles. The van der Waals surface area contributed by atoms with Crippen LogP contribution >= 0.6 is 0 Å². The lowest BCUT2D eigenvalue weighted by Crippen LogP contribution is -2.30. The fraction of sp³-hybridized carbons (Fsp3) is 0.571. The minimum absolute atomic E-state index is 0.00923. The molecule has 1 aromatic carbocycles. The number of anilines is 1. The lowest BCUT2D eigenvalue weighted by molar-refractivity contribution is 0.444. The van der Waals surface area contributed by atoms with Gasteiger partial charge in [-0.2, -0.15) is 4.31 Å². The topological polar surface area (TPSA) is 63.4 Å². The van der Waals surface area contributed by atoms with E-state index in [0.717, 1.165) is 18.9 Å². The van der Waals surface area contributed by atoms with E-state index in [1.807, 2.05) is 0 Å². The number of hydrogen-bond donors (Lipinski definition) is 1. The molecule has 1 aliphatic heterocycles. The molecule has 1 aromatic rings. The molecule has 20 heavy (non-hydrogen) atoms. The van der Waals surface area contributed by atoms with E-state index in [-0.39, 0.29) is 16.1 Å². The van der Waals surface area contributed by atoms with Crippen LogP contribution in [-0.2, 0) is 10.0 Å². The second-order valence-corrected chi connectivity index (χ2v) is 7.81. The molecule has 2 N–H and O–H groups in total. The van der Waals surface area contributed by atoms with Crippen molar-refractivity contribution in [2.45, 2.75) is 31.1 Å². The van der Waals surface area contributed by atoms with Gasteiger partial charge < -0.3 is 5.73 Å². The number of sulfonamides is 1. The SMILES string of the molecule is Cc1c(F)cc(N)cc1S(=O)(=O)N1CC2CCCC2C1. The van der Waals surface area contributed by atoms with Crippen molar-refractivity contribution < 1.29 is 12.8 Å². The highest BCUT2D eigenvalue weighted by atomic mass is 32.2. The average molecular weight is 298 g/mol. The number of nitrogen functional groups attached to an aromatic ring is 1. The molecule has 1 saturated heterocycles. The van der Waals surface area contributed by atoms with Gasteiger partial charge in [0.25, 0.3) is 0 Å². The summed E-state index contributed by atoms with van der Waals surface area (Å²) in [6, 6.07) is 2.52. The smallest absolute Gasteiger partial charge is 0.243 e. The van der Waals surface area contributed by atoms with Crippen molar-refractivity contribution in [2.75, 3.05) is 18.8 Å². The number of nitrogens with two attached hydrogens (primary N) is 1. The summed E-state index contributed by atoms with van der Waals surface area (Å²) in [5.74, 6) is 0.370. The molecular formula is C14H19FN2O2S. The van der Waals surface area contributed by atoms with Gasteiger partial charge in [-0.05, 0) is 43.7 Å². The fourth-order valence-electron chi connectivity index (χ4n) is 3.47. The van der Waals surface area contributed by atoms with Crippen LogP contribution < -0.4 is 5.73 Å². The van der Waals surface area contributed by atoms with Crippen LogP contribution in [0.1, 0.15) is 24.8 Å². The van der Waals surface area contributed by atoms with Gasteiger partial charge in [0.05, 0.1) is 4.90 Å². The summed E-state index contributed by atoms with van der Waals surface area (Å²) in [7, 11) is -3.64. The van der Waals surface area contributed by atoms with Crippen LogP contribution in [0.15, 0.2) is 17.0 Å². The minimum atomic E-state index is -3.64. The standard InChI is InChI=1S/C14H19FN2O2S/c1-9-13(15)5-12(16)6-14(9)20(18,19)17-7-10-3-2-4-11(10)8-17/h5-6,10-11H,2-4,7-8,16H2,1H3. The van der Waals surface area contributed by atoms with Crippen molar-refractivity contribution in [2.24, 2.45) is 11.8 Å². The molecule has 0 spiro atoms. The van der Waals surface area contributed by atoms with Crippen LogP contribution in [0.4, 0.5) is 10.1 Å². The van der Waals surface area contributed by atoms with E-state index >= 15 is 0 Å². The lowest BCUT2D eigenvalue weighted by atomic mass is 10.0. The molecule has 1 heterocycles. The van der Waals surface area contributed by atoms with Crippen molar-refractivity contribution in [3.8, 4) is 0 Å². The van der Waals surface area contributed by atoms with E-state index in [2.05, 4.69) is 0 Å². The highest BCUT2D eigenvalue weighted by Gasteiger charge is 2.41. The van der Waals surface area contributed by atoms with Crippen LogP contribution in [0.25, 0.3) is 0 Å². The maximum atomic E-state index is 13.7. The Morgan fingerprint density at radius 3 is 2.45 bits per heavy atom. The Bertz CT molecular complexity index is 633. The number of hydrogen-bond acceptors (Lipinski definition) is 3. The molecule has 1 saturated carbocycles. The Morgan fingerprint density at radius 2 is 1.85 bits per heavy atom. The van der Waals surface area contributed by atoms with Crippen LogP contribution in [0.3, 0.4) is 0 Å². The molecule has 2 aliphatic rings. The first-order valence-corrected chi connectivity index (χ1v) is 8.39. The first kappa shape index (κ1) is 13.8. The van der Waals surface area contributed by atoms with Gasteiger partial charge in [-0.3, -0.25) is 0 Å². The summed E-state index contributed by atoms with van der Waals surface area (Å²) in [5, 5.41) is 0. The molecule has 0 radical (unpaired) electrons. The van der Waals surface area contributed by atoms with E-state index in [1.54, 1.807) is 0 Å². The first-order valence-electron chi connectivity index (χ1n) is 6.95. The summed E-state index contributed by atoms with van der Waals surface area (Å²) in [5.41, 5.74) is 5.89. The molecule has 2 atom stereocenters. The third-order valence-corrected chi connectivity index (χ3v) is 6.59. The summed E-state index contributed by atoms with van der Waals surface area (Å²) >= 11 is 0. The Hall–Kier alpha value is -1.14. The monoisotopic (exact) mass is 298 g/mol. The maximum Gasteiger partial charge on any atom is 0.243 e. The molecule has 6 heteroatoms. The fourth-order valence-corrected chi connectivity index (χ4v) is 5.29. The van der Waals surface area contributed by atoms with E-state index in [1.165, 1.54) is 23.7 Å². The Balaban J connectivity index is 1.97. The number of nitrogens with zero attached hydrogens (tertiary/aromatic N) is 1. The van der Waals surface area contributed by atoms with Gasteiger partial charge in [0, 0.05) is 24.3 Å². The number of rotatable bonds is 2. The number of benzene rings is 1. The molecule has 2 unspecified atom stereocenters. The van der Waals surface area contributed by atoms with E-state index in [4.69, 9.17) is 5.73 Å². The van der Waals surface area contributed by atoms with Crippen molar-refractivity contribution >= 4 is 15.7 Å². The second kappa shape index (κ2) is 4.70. The Morgan fingerprint density at radius 1 is 1.25 bits per heavy atom. The second-order valence-electron chi connectivity index (χ2n) is 5.90. The third-order valence-electron chi connectivity index (χ3n) is 4.63. The summed E-state index contributed by atoms with van der Waals surface area (Å²) in [4.78, 5) is 0.00923. The Labute approximate surface area is 118 Å². The molecule has 0 amide bonds. The highest BCUT2D eigenvalue weighted by molar-refractivity contribution is 7.89. The van der Waals surface area contributed by atoms with E-state index in [0.29, 0.717) is 24.9 Å². The molecule has 0 bridgehead atoms. The molecule has 110 valence electrons. The van der Waals surface area contributed by atoms with Crippen LogP contribution in [0, 0.1) is 24.6 Å².